The highest BCUT2D eigenvalue weighted by Crippen LogP contribution is 2.36. The van der Waals surface area contributed by atoms with Crippen LogP contribution < -0.4 is 4.74 Å². The van der Waals surface area contributed by atoms with Crippen LogP contribution >= 0.6 is 23.2 Å². The Kier molecular flexibility index (Phi) is 14.1. The van der Waals surface area contributed by atoms with Crippen molar-refractivity contribution in [3.63, 3.8) is 0 Å². The fourth-order valence-corrected chi connectivity index (χ4v) is 6.73. The Morgan fingerprint density at radius 3 is 1.32 bits per heavy atom. The summed E-state index contributed by atoms with van der Waals surface area (Å²) in [6, 6.07) is 24.7. The summed E-state index contributed by atoms with van der Waals surface area (Å²) in [6.07, 6.45) is -10.9. The number of halogens is 2. The Morgan fingerprint density at radius 2 is 0.943 bits per heavy atom. The first-order valence-corrected chi connectivity index (χ1v) is 17.7. The molecule has 2 heterocycles. The molecule has 0 radical (unpaired) electrons. The van der Waals surface area contributed by atoms with E-state index < -0.39 is 74.3 Å². The van der Waals surface area contributed by atoms with Crippen LogP contribution in [0.5, 0.6) is 11.5 Å². The lowest BCUT2D eigenvalue weighted by Crippen LogP contribution is -2.55. The SMILES string of the molecule is COc1ccc(Cc2cc([C@@H]3O[C@H](CO)[C@@H](O)[C@H](O)[C@H]3O)ccc2Cl)cc1.OC[C@H]1O[C@@H](c2ccc(Cl)c(Cc3ccc(O)cc3)c2)[C@H](O)[C@@H](O)[C@@H]1O. The molecule has 0 aliphatic carbocycles. The van der Waals surface area contributed by atoms with E-state index in [1.807, 2.05) is 24.3 Å². The van der Waals surface area contributed by atoms with E-state index in [1.165, 1.54) is 0 Å². The van der Waals surface area contributed by atoms with E-state index in [9.17, 15) is 46.0 Å². The molecule has 0 amide bonds. The van der Waals surface area contributed by atoms with Gasteiger partial charge in [-0.05, 0) is 82.6 Å². The van der Waals surface area contributed by atoms with Crippen LogP contribution in [0.15, 0.2) is 84.9 Å². The van der Waals surface area contributed by atoms with Crippen molar-refractivity contribution in [2.45, 2.75) is 73.9 Å². The van der Waals surface area contributed by atoms with Crippen molar-refractivity contribution in [1.82, 2.24) is 0 Å². The second-order valence-corrected chi connectivity index (χ2v) is 13.9. The highest BCUT2D eigenvalue weighted by molar-refractivity contribution is 6.31. The topological polar surface area (TPSA) is 210 Å². The van der Waals surface area contributed by atoms with Crippen LogP contribution in [-0.4, -0.2) is 115 Å². The zero-order valence-electron chi connectivity index (χ0n) is 28.7. The maximum Gasteiger partial charge on any atom is 0.118 e. The number of phenolic OH excluding ortho intramolecular Hbond substituents is 1. The van der Waals surface area contributed by atoms with Gasteiger partial charge in [-0.2, -0.15) is 0 Å². The molecular formula is C39H44Cl2O12. The molecule has 6 rings (SSSR count). The van der Waals surface area contributed by atoms with Crippen LogP contribution in [0, 0.1) is 0 Å². The second kappa shape index (κ2) is 18.3. The number of hydrogen-bond acceptors (Lipinski definition) is 12. The molecule has 2 aliphatic rings. The Bertz CT molecular complexity index is 1770. The molecule has 2 saturated heterocycles. The van der Waals surface area contributed by atoms with Gasteiger partial charge in [0.25, 0.3) is 0 Å². The molecule has 4 aromatic carbocycles. The number of aliphatic hydroxyl groups is 8. The molecule has 53 heavy (non-hydrogen) atoms. The van der Waals surface area contributed by atoms with Crippen molar-refractivity contribution in [2.75, 3.05) is 20.3 Å². The van der Waals surface area contributed by atoms with E-state index in [-0.39, 0.29) is 5.75 Å². The van der Waals surface area contributed by atoms with Crippen LogP contribution in [0.2, 0.25) is 10.0 Å². The smallest absolute Gasteiger partial charge is 0.118 e. The lowest BCUT2D eigenvalue weighted by atomic mass is 9.90. The first-order valence-electron chi connectivity index (χ1n) is 16.9. The van der Waals surface area contributed by atoms with Gasteiger partial charge in [0.1, 0.15) is 72.5 Å². The minimum Gasteiger partial charge on any atom is -0.508 e. The van der Waals surface area contributed by atoms with E-state index in [1.54, 1.807) is 67.8 Å². The predicted octanol–water partition coefficient (Wildman–Crippen LogP) is 2.61. The standard InChI is InChI=1S/C20H23ClO6.C19H21ClO6/c1-26-14-5-2-11(3-6-14)8-13-9-12(4-7-15(13)21)20-19(25)18(24)17(23)16(10-22)27-20;20-14-6-3-11(8-12(14)7-10-1-4-13(22)5-2-10)19-18(25)17(24)16(23)15(9-21)26-19/h2-7,9,16-20,22-25H,8,10H2,1H3;1-6,8,15-19,21-25H,7,9H2/t16-,17-,18+,19-,20+;15-,16-,17+,18-,19+/m11/s1. The van der Waals surface area contributed by atoms with E-state index in [0.717, 1.165) is 28.0 Å². The lowest BCUT2D eigenvalue weighted by Gasteiger charge is -2.40. The molecular weight excluding hydrogens is 731 g/mol. The molecule has 2 fully saturated rings. The van der Waals surface area contributed by atoms with Gasteiger partial charge < -0.3 is 60.2 Å². The largest absolute Gasteiger partial charge is 0.508 e. The highest BCUT2D eigenvalue weighted by Gasteiger charge is 2.45. The third-order valence-electron chi connectivity index (χ3n) is 9.47. The number of benzene rings is 4. The van der Waals surface area contributed by atoms with E-state index in [2.05, 4.69) is 0 Å². The molecule has 286 valence electrons. The fraction of sp³-hybridized carbons (Fsp3) is 0.385. The summed E-state index contributed by atoms with van der Waals surface area (Å²) < 4.78 is 16.4. The summed E-state index contributed by atoms with van der Waals surface area (Å²) in [4.78, 5) is 0. The highest BCUT2D eigenvalue weighted by atomic mass is 35.5. The average molecular weight is 776 g/mol. The van der Waals surface area contributed by atoms with Gasteiger partial charge in [-0.1, -0.05) is 71.7 Å². The number of aliphatic hydroxyl groups excluding tert-OH is 8. The van der Waals surface area contributed by atoms with Gasteiger partial charge in [-0.25, -0.2) is 0 Å². The summed E-state index contributed by atoms with van der Waals surface area (Å²) in [7, 11) is 1.61. The van der Waals surface area contributed by atoms with Crippen molar-refractivity contribution in [3.8, 4) is 11.5 Å². The summed E-state index contributed by atoms with van der Waals surface area (Å²) in [6.45, 7) is -0.941. The number of rotatable bonds is 9. The first-order chi connectivity index (χ1) is 25.3. The molecule has 0 bridgehead atoms. The van der Waals surface area contributed by atoms with Gasteiger partial charge in [0, 0.05) is 10.0 Å². The van der Waals surface area contributed by atoms with Gasteiger partial charge in [-0.3, -0.25) is 0 Å². The Hall–Kier alpha value is -3.34. The Morgan fingerprint density at radius 1 is 0.547 bits per heavy atom. The molecule has 10 atom stereocenters. The van der Waals surface area contributed by atoms with Crippen LogP contribution in [0.25, 0.3) is 0 Å². The van der Waals surface area contributed by atoms with Crippen molar-refractivity contribution in [3.05, 3.63) is 128 Å². The van der Waals surface area contributed by atoms with Crippen molar-refractivity contribution < 1.29 is 60.2 Å². The van der Waals surface area contributed by atoms with E-state index >= 15 is 0 Å². The van der Waals surface area contributed by atoms with Crippen molar-refractivity contribution >= 4 is 23.2 Å². The second-order valence-electron chi connectivity index (χ2n) is 13.1. The number of ether oxygens (including phenoxy) is 3. The van der Waals surface area contributed by atoms with Gasteiger partial charge in [0.2, 0.25) is 0 Å². The third-order valence-corrected chi connectivity index (χ3v) is 10.2. The number of phenols is 1. The summed E-state index contributed by atoms with van der Waals surface area (Å²) in [5.74, 6) is 0.940. The zero-order chi connectivity index (χ0) is 38.4. The maximum absolute atomic E-state index is 10.3. The van der Waals surface area contributed by atoms with E-state index in [0.29, 0.717) is 34.0 Å². The minimum absolute atomic E-state index is 0.176. The Labute approximate surface area is 316 Å². The third kappa shape index (κ3) is 9.67. The molecule has 4 aromatic rings. The van der Waals surface area contributed by atoms with Gasteiger partial charge in [-0.15, -0.1) is 0 Å². The summed E-state index contributed by atoms with van der Waals surface area (Å²) in [5, 5.41) is 89.6. The monoisotopic (exact) mass is 774 g/mol. The molecule has 14 heteroatoms. The maximum atomic E-state index is 10.3. The van der Waals surface area contributed by atoms with Crippen LogP contribution in [0.4, 0.5) is 0 Å². The predicted molar refractivity (Wildman–Crippen MR) is 195 cm³/mol. The summed E-state index contributed by atoms with van der Waals surface area (Å²) in [5.41, 5.74) is 4.78. The normalized spacial score (nSPS) is 28.5. The lowest BCUT2D eigenvalue weighted by molar-refractivity contribution is -0.231. The molecule has 0 unspecified atom stereocenters. The van der Waals surface area contributed by atoms with Crippen LogP contribution in [-0.2, 0) is 22.3 Å². The first kappa shape index (κ1) is 40.8. The number of aromatic hydroxyl groups is 1. The van der Waals surface area contributed by atoms with Crippen LogP contribution in [0.1, 0.15) is 45.6 Å². The molecule has 0 spiro atoms. The Balaban J connectivity index is 0.000000204. The van der Waals surface area contributed by atoms with Crippen molar-refractivity contribution in [2.24, 2.45) is 0 Å². The average Bonchev–Trinajstić information content (AvgIpc) is 3.16. The molecule has 9 N–H and O–H groups in total. The van der Waals surface area contributed by atoms with Gasteiger partial charge in [0.15, 0.2) is 0 Å². The molecule has 0 saturated carbocycles. The molecule has 12 nitrogen and oxygen atoms in total. The summed E-state index contributed by atoms with van der Waals surface area (Å²) >= 11 is 12.6. The molecule has 0 aromatic heterocycles. The zero-order valence-corrected chi connectivity index (χ0v) is 30.2. The quantitative estimate of drug-likeness (QED) is 0.120. The number of hydrogen-bond donors (Lipinski definition) is 9. The fourth-order valence-electron chi connectivity index (χ4n) is 6.37. The minimum atomic E-state index is -1.43. The number of methoxy groups -OCH3 is 1. The van der Waals surface area contributed by atoms with Crippen molar-refractivity contribution in [1.29, 1.82) is 0 Å². The van der Waals surface area contributed by atoms with Gasteiger partial charge in [0.05, 0.1) is 20.3 Å². The van der Waals surface area contributed by atoms with E-state index in [4.69, 9.17) is 37.4 Å². The van der Waals surface area contributed by atoms with Gasteiger partial charge >= 0.3 is 0 Å². The van der Waals surface area contributed by atoms with Crippen LogP contribution in [0.3, 0.4) is 0 Å². The molecule has 2 aliphatic heterocycles.